The van der Waals surface area contributed by atoms with Gasteiger partial charge in [0, 0.05) is 24.8 Å². The fourth-order valence-corrected chi connectivity index (χ4v) is 2.65. The predicted molar refractivity (Wildman–Crippen MR) is 82.9 cm³/mol. The molecule has 120 valence electrons. The summed E-state index contributed by atoms with van der Waals surface area (Å²) in [4.78, 5) is 14.1. The number of hydrazine groups is 1. The third-order valence-corrected chi connectivity index (χ3v) is 3.88. The highest BCUT2D eigenvalue weighted by Crippen LogP contribution is 2.16. The molecule has 0 unspecified atom stereocenters. The van der Waals surface area contributed by atoms with E-state index in [1.807, 2.05) is 0 Å². The Kier molecular flexibility index (Phi) is 6.01. The number of benzene rings is 1. The topological polar surface area (TPSA) is 117 Å². The van der Waals surface area contributed by atoms with Gasteiger partial charge in [0.1, 0.15) is 0 Å². The molecular formula is C13H19N5O3S. The maximum absolute atomic E-state index is 12.0. The normalized spacial score (nSPS) is 16.2. The van der Waals surface area contributed by atoms with E-state index < -0.39 is 10.5 Å². The standard InChI is InChI=1S/C13H19N5O3S/c14-16-11-5-7-18(8-6-11)9-13(19)15-10-1-3-12(4-2-10)17-22(20)21/h1-4,11,16H,5-9,14H2,(H,15,19). The van der Waals surface area contributed by atoms with Gasteiger partial charge in [-0.15, -0.1) is 4.36 Å². The number of nitrogens with two attached hydrogens (primary N) is 1. The molecule has 1 fully saturated rings. The Morgan fingerprint density at radius 2 is 1.91 bits per heavy atom. The van der Waals surface area contributed by atoms with Crippen molar-refractivity contribution in [2.75, 3.05) is 25.0 Å². The first-order chi connectivity index (χ1) is 10.6. The van der Waals surface area contributed by atoms with Crippen molar-refractivity contribution in [2.45, 2.75) is 18.9 Å². The number of likely N-dealkylation sites (tertiary alicyclic amines) is 1. The van der Waals surface area contributed by atoms with Gasteiger partial charge in [0.15, 0.2) is 0 Å². The lowest BCUT2D eigenvalue weighted by molar-refractivity contribution is -0.117. The van der Waals surface area contributed by atoms with Crippen molar-refractivity contribution in [1.29, 1.82) is 0 Å². The van der Waals surface area contributed by atoms with Crippen LogP contribution in [0.1, 0.15) is 12.8 Å². The number of piperidine rings is 1. The largest absolute Gasteiger partial charge is 0.325 e. The maximum atomic E-state index is 12.0. The van der Waals surface area contributed by atoms with E-state index in [4.69, 9.17) is 5.84 Å². The third kappa shape index (κ3) is 5.19. The molecule has 0 spiro atoms. The molecule has 1 aliphatic rings. The number of nitrogens with zero attached hydrogens (tertiary/aromatic N) is 2. The number of amides is 1. The average Bonchev–Trinajstić information content (AvgIpc) is 2.49. The van der Waals surface area contributed by atoms with E-state index in [9.17, 15) is 13.2 Å². The molecule has 22 heavy (non-hydrogen) atoms. The second-order valence-electron chi connectivity index (χ2n) is 5.12. The first kappa shape index (κ1) is 16.6. The number of carbonyl (C=O) groups is 1. The molecule has 4 N–H and O–H groups in total. The SMILES string of the molecule is NNC1CCN(CC(=O)Nc2ccc(N=S(=O)=O)cc2)CC1. The molecule has 1 amide bonds. The van der Waals surface area contributed by atoms with Crippen LogP contribution in [0.15, 0.2) is 28.6 Å². The lowest BCUT2D eigenvalue weighted by Crippen LogP contribution is -2.46. The first-order valence-electron chi connectivity index (χ1n) is 6.96. The van der Waals surface area contributed by atoms with Crippen LogP contribution in [0.4, 0.5) is 11.4 Å². The van der Waals surface area contributed by atoms with E-state index in [0.29, 0.717) is 24.0 Å². The highest BCUT2D eigenvalue weighted by Gasteiger charge is 2.19. The number of rotatable bonds is 5. The summed E-state index contributed by atoms with van der Waals surface area (Å²) >= 11 is 0. The van der Waals surface area contributed by atoms with Gasteiger partial charge in [-0.05, 0) is 37.1 Å². The van der Waals surface area contributed by atoms with Gasteiger partial charge in [-0.1, -0.05) is 0 Å². The van der Waals surface area contributed by atoms with Crippen LogP contribution in [-0.4, -0.2) is 44.9 Å². The van der Waals surface area contributed by atoms with E-state index in [1.54, 1.807) is 12.1 Å². The van der Waals surface area contributed by atoms with Crippen molar-refractivity contribution in [2.24, 2.45) is 10.2 Å². The molecule has 1 aliphatic heterocycles. The molecule has 8 nitrogen and oxygen atoms in total. The lowest BCUT2D eigenvalue weighted by atomic mass is 10.1. The average molecular weight is 325 g/mol. The van der Waals surface area contributed by atoms with Gasteiger partial charge in [-0.2, -0.15) is 8.42 Å². The summed E-state index contributed by atoms with van der Waals surface area (Å²) in [6.45, 7) is 1.98. The van der Waals surface area contributed by atoms with Crippen LogP contribution in [0, 0.1) is 0 Å². The smallest absolute Gasteiger partial charge is 0.316 e. The predicted octanol–water partition coefficient (Wildman–Crippen LogP) is 0.247. The van der Waals surface area contributed by atoms with Gasteiger partial charge in [0.05, 0.1) is 12.2 Å². The minimum atomic E-state index is -2.48. The molecule has 0 bridgehead atoms. The summed E-state index contributed by atoms with van der Waals surface area (Å²) in [6.07, 6.45) is 1.85. The zero-order valence-electron chi connectivity index (χ0n) is 12.0. The Morgan fingerprint density at radius 1 is 1.27 bits per heavy atom. The Labute approximate surface area is 130 Å². The Bertz CT molecular complexity index is 628. The summed E-state index contributed by atoms with van der Waals surface area (Å²) < 4.78 is 24.3. The van der Waals surface area contributed by atoms with Crippen LogP contribution < -0.4 is 16.6 Å². The van der Waals surface area contributed by atoms with Crippen molar-refractivity contribution < 1.29 is 13.2 Å². The van der Waals surface area contributed by atoms with Crippen LogP contribution >= 0.6 is 0 Å². The summed E-state index contributed by atoms with van der Waals surface area (Å²) in [5, 5.41) is 2.78. The zero-order chi connectivity index (χ0) is 15.9. The Hall–Kier alpha value is -1.81. The molecule has 0 aromatic heterocycles. The fourth-order valence-electron chi connectivity index (χ4n) is 2.35. The molecule has 9 heteroatoms. The van der Waals surface area contributed by atoms with E-state index >= 15 is 0 Å². The summed E-state index contributed by atoms with van der Waals surface area (Å²) in [6, 6.07) is 6.62. The van der Waals surface area contributed by atoms with Crippen LogP contribution in [0.3, 0.4) is 0 Å². The van der Waals surface area contributed by atoms with Gasteiger partial charge in [0.25, 0.3) is 0 Å². The lowest BCUT2D eigenvalue weighted by Gasteiger charge is -2.30. The highest BCUT2D eigenvalue weighted by molar-refractivity contribution is 7.61. The van der Waals surface area contributed by atoms with Gasteiger partial charge in [-0.25, -0.2) is 0 Å². The van der Waals surface area contributed by atoms with E-state index in [2.05, 4.69) is 20.0 Å². The van der Waals surface area contributed by atoms with Gasteiger partial charge >= 0.3 is 10.5 Å². The quantitative estimate of drug-likeness (QED) is 0.527. The molecule has 1 heterocycles. The summed E-state index contributed by atoms with van der Waals surface area (Å²) in [7, 11) is -2.48. The Morgan fingerprint density at radius 3 is 2.45 bits per heavy atom. The maximum Gasteiger partial charge on any atom is 0.316 e. The molecule has 1 saturated heterocycles. The number of hydrogen-bond donors (Lipinski definition) is 3. The van der Waals surface area contributed by atoms with Crippen molar-refractivity contribution >= 4 is 27.8 Å². The highest BCUT2D eigenvalue weighted by atomic mass is 32.2. The number of hydrogen-bond acceptors (Lipinski definition) is 7. The first-order valence-corrected chi connectivity index (χ1v) is 7.99. The second-order valence-corrected chi connectivity index (χ2v) is 5.74. The third-order valence-electron chi connectivity index (χ3n) is 3.52. The molecule has 0 aliphatic carbocycles. The molecule has 0 radical (unpaired) electrons. The molecule has 2 rings (SSSR count). The fraction of sp³-hybridized carbons (Fsp3) is 0.462. The van der Waals surface area contributed by atoms with E-state index in [0.717, 1.165) is 25.9 Å². The summed E-state index contributed by atoms with van der Waals surface area (Å²) in [5.41, 5.74) is 3.69. The van der Waals surface area contributed by atoms with Crippen LogP contribution in [-0.2, 0) is 15.3 Å². The van der Waals surface area contributed by atoms with Gasteiger partial charge in [0.2, 0.25) is 5.91 Å². The van der Waals surface area contributed by atoms with Crippen molar-refractivity contribution in [3.05, 3.63) is 24.3 Å². The van der Waals surface area contributed by atoms with Crippen LogP contribution in [0.25, 0.3) is 0 Å². The van der Waals surface area contributed by atoms with E-state index in [1.165, 1.54) is 12.1 Å². The Balaban J connectivity index is 1.83. The van der Waals surface area contributed by atoms with Crippen molar-refractivity contribution in [3.63, 3.8) is 0 Å². The second kappa shape index (κ2) is 7.99. The van der Waals surface area contributed by atoms with Gasteiger partial charge in [-0.3, -0.25) is 21.0 Å². The molecule has 1 aromatic carbocycles. The van der Waals surface area contributed by atoms with Crippen molar-refractivity contribution in [1.82, 2.24) is 10.3 Å². The molecular weight excluding hydrogens is 306 g/mol. The van der Waals surface area contributed by atoms with Gasteiger partial charge < -0.3 is 5.32 Å². The van der Waals surface area contributed by atoms with Crippen LogP contribution in [0.2, 0.25) is 0 Å². The monoisotopic (exact) mass is 325 g/mol. The van der Waals surface area contributed by atoms with Crippen molar-refractivity contribution in [3.8, 4) is 0 Å². The molecule has 0 saturated carbocycles. The molecule has 1 aromatic rings. The minimum absolute atomic E-state index is 0.101. The number of nitrogens with one attached hydrogen (secondary N) is 2. The zero-order valence-corrected chi connectivity index (χ0v) is 12.8. The van der Waals surface area contributed by atoms with E-state index in [-0.39, 0.29) is 5.91 Å². The van der Waals surface area contributed by atoms with Crippen LogP contribution in [0.5, 0.6) is 0 Å². The minimum Gasteiger partial charge on any atom is -0.325 e. The number of anilines is 1. The summed E-state index contributed by atoms with van der Waals surface area (Å²) in [5.74, 6) is 5.30. The number of carbonyl (C=O) groups excluding carboxylic acids is 1. The molecule has 0 atom stereocenters.